The quantitative estimate of drug-likeness (QED) is 0.690. The van der Waals surface area contributed by atoms with Crippen LogP contribution in [0, 0.1) is 0 Å². The Bertz CT molecular complexity index is 668. The molecule has 0 aliphatic heterocycles. The Morgan fingerprint density at radius 2 is 2.06 bits per heavy atom. The van der Waals surface area contributed by atoms with Crippen LogP contribution in [0.3, 0.4) is 0 Å². The summed E-state index contributed by atoms with van der Waals surface area (Å²) in [6, 6.07) is 7.47. The number of aliphatic hydroxyl groups is 1. The van der Waals surface area contributed by atoms with Crippen molar-refractivity contribution in [1.29, 1.82) is 0 Å². The molecule has 0 fully saturated rings. The number of aliphatic hydroxyl groups excluding tert-OH is 1. The van der Waals surface area contributed by atoms with E-state index < -0.39 is 0 Å². The summed E-state index contributed by atoms with van der Waals surface area (Å²) < 4.78 is 1.91. The first-order valence-electron chi connectivity index (χ1n) is 5.11. The van der Waals surface area contributed by atoms with Crippen LogP contribution < -0.4 is 29.6 Å². The zero-order valence-corrected chi connectivity index (χ0v) is 13.4. The van der Waals surface area contributed by atoms with E-state index in [4.69, 9.17) is 11.6 Å². The summed E-state index contributed by atoms with van der Waals surface area (Å²) in [5, 5.41) is 12.1. The van der Waals surface area contributed by atoms with Crippen LogP contribution >= 0.6 is 22.9 Å². The molecule has 3 aromatic rings. The summed E-state index contributed by atoms with van der Waals surface area (Å²) in [6.07, 6.45) is 1.91. The first-order chi connectivity index (χ1) is 8.29. The van der Waals surface area contributed by atoms with Crippen LogP contribution in [0.4, 0.5) is 0 Å². The fourth-order valence-corrected chi connectivity index (χ4v) is 2.68. The van der Waals surface area contributed by atoms with Crippen molar-refractivity contribution in [1.82, 2.24) is 9.38 Å². The third-order valence-corrected chi connectivity index (χ3v) is 3.64. The number of hydrogen-bond acceptors (Lipinski definition) is 3. The number of thiazole rings is 1. The van der Waals surface area contributed by atoms with Gasteiger partial charge in [-0.1, -0.05) is 23.7 Å². The summed E-state index contributed by atoms with van der Waals surface area (Å²) in [6.45, 7) is -0.0319. The van der Waals surface area contributed by atoms with Crippen molar-refractivity contribution in [3.8, 4) is 11.3 Å². The standard InChI is InChI=1S/C12H9ClN2OS.Na.H/c13-9-3-1-8(2-4-9)11-10(7-16)15-5-6-17-12(15)14-11;;/h1-6,16H,7H2;;/q;+1;-1. The molecule has 2 aromatic heterocycles. The zero-order valence-electron chi connectivity index (χ0n) is 10.8. The number of aromatic nitrogens is 2. The molecule has 0 atom stereocenters. The fourth-order valence-electron chi connectivity index (χ4n) is 1.82. The minimum absolute atomic E-state index is 0. The number of benzene rings is 1. The molecular formula is C12H10ClN2NaOS. The third-order valence-electron chi connectivity index (χ3n) is 2.63. The van der Waals surface area contributed by atoms with Gasteiger partial charge in [0.15, 0.2) is 4.96 Å². The van der Waals surface area contributed by atoms with Crippen molar-refractivity contribution < 1.29 is 36.1 Å². The summed E-state index contributed by atoms with van der Waals surface area (Å²) in [7, 11) is 0. The van der Waals surface area contributed by atoms with Crippen LogP contribution in [0.2, 0.25) is 5.02 Å². The Morgan fingerprint density at radius 3 is 2.72 bits per heavy atom. The SMILES string of the molecule is OCc1c(-c2ccc(Cl)cc2)nc2sccn12.[H-].[Na+]. The topological polar surface area (TPSA) is 37.5 Å². The van der Waals surface area contributed by atoms with Gasteiger partial charge in [-0.15, -0.1) is 11.3 Å². The summed E-state index contributed by atoms with van der Waals surface area (Å²) in [5.74, 6) is 0. The van der Waals surface area contributed by atoms with Crippen LogP contribution in [0.1, 0.15) is 7.12 Å². The maximum atomic E-state index is 9.46. The molecule has 0 radical (unpaired) electrons. The Balaban J connectivity index is 0.000000902. The minimum Gasteiger partial charge on any atom is -1.00 e. The van der Waals surface area contributed by atoms with Crippen molar-refractivity contribution >= 4 is 27.9 Å². The molecule has 18 heavy (non-hydrogen) atoms. The van der Waals surface area contributed by atoms with Crippen molar-refractivity contribution in [2.24, 2.45) is 0 Å². The summed E-state index contributed by atoms with van der Waals surface area (Å²) >= 11 is 7.41. The van der Waals surface area contributed by atoms with E-state index in [9.17, 15) is 5.11 Å². The monoisotopic (exact) mass is 288 g/mol. The van der Waals surface area contributed by atoms with Crippen LogP contribution in [-0.2, 0) is 6.61 Å². The molecule has 1 aromatic carbocycles. The molecule has 0 unspecified atom stereocenters. The van der Waals surface area contributed by atoms with Gasteiger partial charge in [0.1, 0.15) is 0 Å². The smallest absolute Gasteiger partial charge is 1.00 e. The normalized spacial score (nSPS) is 10.6. The van der Waals surface area contributed by atoms with Gasteiger partial charge >= 0.3 is 29.6 Å². The average Bonchev–Trinajstić information content (AvgIpc) is 2.89. The van der Waals surface area contributed by atoms with Crippen LogP contribution in [0.15, 0.2) is 35.8 Å². The van der Waals surface area contributed by atoms with E-state index in [-0.39, 0.29) is 37.6 Å². The molecule has 88 valence electrons. The molecule has 0 aliphatic rings. The van der Waals surface area contributed by atoms with E-state index in [1.165, 1.54) is 0 Å². The Hall–Kier alpha value is -0.360. The molecule has 0 amide bonds. The predicted molar refractivity (Wildman–Crippen MR) is 70.5 cm³/mol. The number of imidazole rings is 1. The first kappa shape index (κ1) is 14.1. The predicted octanol–water partition coefficient (Wildman–Crippen LogP) is 0.325. The van der Waals surface area contributed by atoms with Gasteiger partial charge in [-0.3, -0.25) is 4.40 Å². The van der Waals surface area contributed by atoms with Crippen LogP contribution in [0.25, 0.3) is 16.2 Å². The number of rotatable bonds is 2. The van der Waals surface area contributed by atoms with Gasteiger partial charge in [-0.25, -0.2) is 4.98 Å². The van der Waals surface area contributed by atoms with Crippen molar-refractivity contribution in [3.05, 3.63) is 46.6 Å². The van der Waals surface area contributed by atoms with Gasteiger partial charge in [0.25, 0.3) is 0 Å². The van der Waals surface area contributed by atoms with Crippen LogP contribution in [-0.4, -0.2) is 14.5 Å². The maximum absolute atomic E-state index is 9.46. The second kappa shape index (κ2) is 5.74. The molecule has 3 nitrogen and oxygen atoms in total. The van der Waals surface area contributed by atoms with Gasteiger partial charge in [0.2, 0.25) is 0 Å². The van der Waals surface area contributed by atoms with Gasteiger partial charge in [-0.2, -0.15) is 0 Å². The zero-order chi connectivity index (χ0) is 11.8. The second-order valence-electron chi connectivity index (χ2n) is 3.63. The summed E-state index contributed by atoms with van der Waals surface area (Å²) in [4.78, 5) is 5.41. The molecule has 3 rings (SSSR count). The molecule has 6 heteroatoms. The van der Waals surface area contributed by atoms with E-state index in [1.54, 1.807) is 11.3 Å². The van der Waals surface area contributed by atoms with Crippen LogP contribution in [0.5, 0.6) is 0 Å². The molecule has 0 bridgehead atoms. The third kappa shape index (κ3) is 2.37. The number of fused-ring (bicyclic) bond motifs is 1. The fraction of sp³-hybridized carbons (Fsp3) is 0.0833. The Morgan fingerprint density at radius 1 is 1.33 bits per heavy atom. The molecule has 0 spiro atoms. The maximum Gasteiger partial charge on any atom is 1.00 e. The van der Waals surface area contributed by atoms with Gasteiger partial charge in [0.05, 0.1) is 18.0 Å². The molecular weight excluding hydrogens is 279 g/mol. The number of hydrogen-bond donors (Lipinski definition) is 1. The second-order valence-corrected chi connectivity index (χ2v) is 4.94. The minimum atomic E-state index is -0.0319. The molecule has 1 N–H and O–H groups in total. The van der Waals surface area contributed by atoms with E-state index in [0.717, 1.165) is 21.9 Å². The van der Waals surface area contributed by atoms with Crippen molar-refractivity contribution in [3.63, 3.8) is 0 Å². The van der Waals surface area contributed by atoms with E-state index in [2.05, 4.69) is 4.98 Å². The van der Waals surface area contributed by atoms with Gasteiger partial charge < -0.3 is 6.53 Å². The van der Waals surface area contributed by atoms with Gasteiger partial charge in [-0.05, 0) is 12.1 Å². The van der Waals surface area contributed by atoms with Crippen molar-refractivity contribution in [2.75, 3.05) is 0 Å². The van der Waals surface area contributed by atoms with E-state index in [0.29, 0.717) is 5.02 Å². The van der Waals surface area contributed by atoms with Gasteiger partial charge in [0, 0.05) is 22.2 Å². The first-order valence-corrected chi connectivity index (χ1v) is 6.36. The molecule has 0 saturated carbocycles. The van der Waals surface area contributed by atoms with Crippen molar-refractivity contribution in [2.45, 2.75) is 6.61 Å². The number of halogens is 1. The molecule has 0 saturated heterocycles. The Kier molecular flexibility index (Phi) is 4.48. The largest absolute Gasteiger partial charge is 1.00 e. The molecule has 2 heterocycles. The molecule has 0 aliphatic carbocycles. The Labute approximate surface area is 137 Å². The van der Waals surface area contributed by atoms with E-state index in [1.807, 2.05) is 40.2 Å². The number of nitrogens with zero attached hydrogens (tertiary/aromatic N) is 2. The summed E-state index contributed by atoms with van der Waals surface area (Å²) in [5.41, 5.74) is 2.59. The average molecular weight is 289 g/mol. The van der Waals surface area contributed by atoms with E-state index >= 15 is 0 Å².